The third-order valence-corrected chi connectivity index (χ3v) is 3.15. The van der Waals surface area contributed by atoms with Crippen LogP contribution in [0, 0.1) is 5.82 Å². The molecule has 0 N–H and O–H groups in total. The Morgan fingerprint density at radius 3 is 2.84 bits per heavy atom. The number of ketones is 1. The molecule has 2 aromatic rings. The molecule has 0 radical (unpaired) electrons. The van der Waals surface area contributed by atoms with Gasteiger partial charge >= 0.3 is 0 Å². The molecule has 0 fully saturated rings. The molecule has 4 heteroatoms. The van der Waals surface area contributed by atoms with Gasteiger partial charge in [0.05, 0.1) is 0 Å². The fourth-order valence-electron chi connectivity index (χ4n) is 1.92. The van der Waals surface area contributed by atoms with Gasteiger partial charge in [-0.25, -0.2) is 4.39 Å². The number of rotatable bonds is 5. The maximum Gasteiger partial charge on any atom is 0.164 e. The molecule has 1 heterocycles. The van der Waals surface area contributed by atoms with Crippen molar-refractivity contribution in [3.8, 4) is 0 Å². The summed E-state index contributed by atoms with van der Waals surface area (Å²) in [5.41, 5.74) is 1.23. The van der Waals surface area contributed by atoms with Crippen molar-refractivity contribution in [2.24, 2.45) is 0 Å². The summed E-state index contributed by atoms with van der Waals surface area (Å²) in [5.74, 6) is -0.208. The van der Waals surface area contributed by atoms with Gasteiger partial charge in [0.1, 0.15) is 5.82 Å². The van der Waals surface area contributed by atoms with Crippen molar-refractivity contribution in [2.45, 2.75) is 26.3 Å². The van der Waals surface area contributed by atoms with Crippen LogP contribution in [-0.2, 0) is 6.54 Å². The van der Waals surface area contributed by atoms with Crippen LogP contribution in [0.1, 0.15) is 35.7 Å². The van der Waals surface area contributed by atoms with Crippen LogP contribution < -0.4 is 0 Å². The van der Waals surface area contributed by atoms with Gasteiger partial charge in [0, 0.05) is 41.5 Å². The van der Waals surface area contributed by atoms with E-state index in [1.54, 1.807) is 35.2 Å². The van der Waals surface area contributed by atoms with E-state index in [0.717, 1.165) is 6.42 Å². The molecule has 1 aromatic heterocycles. The summed E-state index contributed by atoms with van der Waals surface area (Å²) < 4.78 is 15.5. The summed E-state index contributed by atoms with van der Waals surface area (Å²) >= 11 is 5.71. The number of hydrogen-bond donors (Lipinski definition) is 0. The summed E-state index contributed by atoms with van der Waals surface area (Å²) in [7, 11) is 0. The normalized spacial score (nSPS) is 10.7. The molecule has 0 spiro atoms. The lowest BCUT2D eigenvalue weighted by atomic mass is 10.1. The van der Waals surface area contributed by atoms with Crippen molar-refractivity contribution in [2.75, 3.05) is 0 Å². The van der Waals surface area contributed by atoms with E-state index in [-0.39, 0.29) is 11.6 Å². The van der Waals surface area contributed by atoms with Crippen molar-refractivity contribution in [1.82, 2.24) is 4.57 Å². The van der Waals surface area contributed by atoms with Gasteiger partial charge in [0.25, 0.3) is 0 Å². The van der Waals surface area contributed by atoms with E-state index in [1.165, 1.54) is 6.07 Å². The standard InChI is InChI=1S/C15H15ClFNO/c1-2-3-15(19)12-6-7-18(10-12)9-11-4-5-13(16)8-14(11)17/h4-8,10H,2-3,9H2,1H3. The molecule has 2 rings (SSSR count). The molecule has 0 aliphatic rings. The Bertz CT molecular complexity index is 592. The number of benzene rings is 1. The molecule has 0 aliphatic heterocycles. The lowest BCUT2D eigenvalue weighted by Gasteiger charge is -2.05. The first-order chi connectivity index (χ1) is 9.10. The van der Waals surface area contributed by atoms with E-state index in [2.05, 4.69) is 0 Å². The lowest BCUT2D eigenvalue weighted by Crippen LogP contribution is -2.00. The van der Waals surface area contributed by atoms with Crippen LogP contribution in [0.4, 0.5) is 4.39 Å². The van der Waals surface area contributed by atoms with Crippen molar-refractivity contribution in [1.29, 1.82) is 0 Å². The van der Waals surface area contributed by atoms with Crippen LogP contribution in [0.3, 0.4) is 0 Å². The summed E-state index contributed by atoms with van der Waals surface area (Å²) in [6, 6.07) is 6.38. The van der Waals surface area contributed by atoms with Crippen LogP contribution in [0.2, 0.25) is 5.02 Å². The van der Waals surface area contributed by atoms with Gasteiger partial charge in [0.15, 0.2) is 5.78 Å². The number of Topliss-reactive ketones (excluding diaryl/α,β-unsaturated/α-hetero) is 1. The lowest BCUT2D eigenvalue weighted by molar-refractivity contribution is 0.0981. The van der Waals surface area contributed by atoms with Gasteiger partial charge < -0.3 is 4.57 Å². The average molecular weight is 280 g/mol. The maximum atomic E-state index is 13.7. The number of hydrogen-bond acceptors (Lipinski definition) is 1. The second kappa shape index (κ2) is 6.02. The Kier molecular flexibility index (Phi) is 4.38. The van der Waals surface area contributed by atoms with Crippen molar-refractivity contribution in [3.63, 3.8) is 0 Å². The average Bonchev–Trinajstić information content (AvgIpc) is 2.82. The second-order valence-corrected chi connectivity index (χ2v) is 4.92. The predicted molar refractivity (Wildman–Crippen MR) is 74.2 cm³/mol. The third kappa shape index (κ3) is 3.44. The first-order valence-corrected chi connectivity index (χ1v) is 6.61. The Balaban J connectivity index is 2.13. The van der Waals surface area contributed by atoms with E-state index in [9.17, 15) is 9.18 Å². The first-order valence-electron chi connectivity index (χ1n) is 6.23. The fraction of sp³-hybridized carbons (Fsp3) is 0.267. The van der Waals surface area contributed by atoms with Gasteiger partial charge in [-0.15, -0.1) is 0 Å². The Hall–Kier alpha value is -1.61. The topological polar surface area (TPSA) is 22.0 Å². The zero-order chi connectivity index (χ0) is 13.8. The highest BCUT2D eigenvalue weighted by Crippen LogP contribution is 2.16. The highest BCUT2D eigenvalue weighted by atomic mass is 35.5. The van der Waals surface area contributed by atoms with Crippen LogP contribution in [0.5, 0.6) is 0 Å². The summed E-state index contributed by atoms with van der Waals surface area (Å²) in [5, 5.41) is 0.382. The molecule has 0 atom stereocenters. The van der Waals surface area contributed by atoms with Gasteiger partial charge in [-0.05, 0) is 24.6 Å². The molecule has 1 aromatic carbocycles. The molecule has 100 valence electrons. The number of halogens is 2. The molecule has 0 aliphatic carbocycles. The van der Waals surface area contributed by atoms with Gasteiger partial charge in [-0.1, -0.05) is 24.6 Å². The molecule has 2 nitrogen and oxygen atoms in total. The van der Waals surface area contributed by atoms with Crippen molar-refractivity contribution >= 4 is 17.4 Å². The largest absolute Gasteiger partial charge is 0.349 e. The number of carbonyl (C=O) groups excluding carboxylic acids is 1. The minimum absolute atomic E-state index is 0.123. The van der Waals surface area contributed by atoms with Crippen molar-refractivity contribution in [3.05, 3.63) is 58.6 Å². The second-order valence-electron chi connectivity index (χ2n) is 4.48. The van der Waals surface area contributed by atoms with Crippen LogP contribution in [-0.4, -0.2) is 10.4 Å². The van der Waals surface area contributed by atoms with Crippen LogP contribution >= 0.6 is 11.6 Å². The Labute approximate surface area is 116 Å². The van der Waals surface area contributed by atoms with Gasteiger partial charge in [-0.3, -0.25) is 4.79 Å². The monoisotopic (exact) mass is 279 g/mol. The molecular weight excluding hydrogens is 265 g/mol. The smallest absolute Gasteiger partial charge is 0.164 e. The third-order valence-electron chi connectivity index (χ3n) is 2.92. The molecule has 0 bridgehead atoms. The van der Waals surface area contributed by atoms with E-state index < -0.39 is 0 Å². The van der Waals surface area contributed by atoms with E-state index in [1.807, 2.05) is 6.92 Å². The molecule has 0 unspecified atom stereocenters. The molecule has 0 saturated carbocycles. The zero-order valence-corrected chi connectivity index (χ0v) is 11.5. The molecule has 0 amide bonds. The maximum absolute atomic E-state index is 13.7. The van der Waals surface area contributed by atoms with Gasteiger partial charge in [0.2, 0.25) is 0 Å². The zero-order valence-electron chi connectivity index (χ0n) is 10.7. The molecule has 19 heavy (non-hydrogen) atoms. The Morgan fingerprint density at radius 2 is 2.16 bits per heavy atom. The van der Waals surface area contributed by atoms with Crippen LogP contribution in [0.25, 0.3) is 0 Å². The Morgan fingerprint density at radius 1 is 1.37 bits per heavy atom. The first kappa shape index (κ1) is 13.8. The predicted octanol–water partition coefficient (Wildman–Crippen LogP) is 4.31. The summed E-state index contributed by atoms with van der Waals surface area (Å²) in [6.45, 7) is 2.36. The highest BCUT2D eigenvalue weighted by molar-refractivity contribution is 6.30. The minimum atomic E-state index is -0.331. The fourth-order valence-corrected chi connectivity index (χ4v) is 2.08. The SMILES string of the molecule is CCCC(=O)c1ccn(Cc2ccc(Cl)cc2F)c1. The van der Waals surface area contributed by atoms with Crippen LogP contribution in [0.15, 0.2) is 36.7 Å². The number of carbonyl (C=O) groups is 1. The number of aromatic nitrogens is 1. The van der Waals surface area contributed by atoms with Gasteiger partial charge in [-0.2, -0.15) is 0 Å². The minimum Gasteiger partial charge on any atom is -0.349 e. The van der Waals surface area contributed by atoms with Crippen molar-refractivity contribution < 1.29 is 9.18 Å². The number of nitrogens with zero attached hydrogens (tertiary/aromatic N) is 1. The summed E-state index contributed by atoms with van der Waals surface area (Å²) in [6.07, 6.45) is 4.91. The quantitative estimate of drug-likeness (QED) is 0.748. The highest BCUT2D eigenvalue weighted by Gasteiger charge is 2.08. The van der Waals surface area contributed by atoms with E-state index >= 15 is 0 Å². The summed E-state index contributed by atoms with van der Waals surface area (Å²) in [4.78, 5) is 11.7. The van der Waals surface area contributed by atoms with E-state index in [4.69, 9.17) is 11.6 Å². The molecular formula is C15H15ClFNO. The molecule has 0 saturated heterocycles. The van der Waals surface area contributed by atoms with E-state index in [0.29, 0.717) is 29.1 Å².